The van der Waals surface area contributed by atoms with E-state index in [0.717, 1.165) is 26.6 Å². The Hall–Kier alpha value is -3.25. The molecule has 4 rings (SSSR count). The first-order chi connectivity index (χ1) is 12.1. The van der Waals surface area contributed by atoms with Crippen LogP contribution < -0.4 is 0 Å². The number of rotatable bonds is 3. The number of hydrogen-bond donors (Lipinski definition) is 2. The van der Waals surface area contributed by atoms with Crippen LogP contribution in [-0.4, -0.2) is 27.1 Å². The van der Waals surface area contributed by atoms with E-state index in [-0.39, 0.29) is 10.4 Å². The van der Waals surface area contributed by atoms with Gasteiger partial charge in [-0.1, -0.05) is 30.3 Å². The molecule has 0 bridgehead atoms. The van der Waals surface area contributed by atoms with Gasteiger partial charge in [-0.15, -0.1) is 11.3 Å². The fraction of sp³-hybridized carbons (Fsp3) is 0. The van der Waals surface area contributed by atoms with Crippen LogP contribution in [0, 0.1) is 0 Å². The molecule has 122 valence electrons. The summed E-state index contributed by atoms with van der Waals surface area (Å²) < 4.78 is 0.820. The lowest BCUT2D eigenvalue weighted by molar-refractivity contribution is 0.0689. The second kappa shape index (κ2) is 5.68. The highest BCUT2D eigenvalue weighted by molar-refractivity contribution is 7.21. The molecule has 2 N–H and O–H groups in total. The Morgan fingerprint density at radius 1 is 0.880 bits per heavy atom. The van der Waals surface area contributed by atoms with E-state index in [0.29, 0.717) is 5.39 Å². The fourth-order valence-electron chi connectivity index (χ4n) is 2.98. The number of aromatic carboxylic acids is 2. The van der Waals surface area contributed by atoms with Crippen molar-refractivity contribution in [2.24, 2.45) is 0 Å². The second-order valence-corrected chi connectivity index (χ2v) is 6.58. The second-order valence-electron chi connectivity index (χ2n) is 5.53. The number of benzene rings is 2. The molecular weight excluding hydrogens is 338 g/mol. The molecule has 0 aliphatic heterocycles. The molecule has 0 atom stereocenters. The zero-order valence-electron chi connectivity index (χ0n) is 12.8. The van der Waals surface area contributed by atoms with Gasteiger partial charge in [0.15, 0.2) is 0 Å². The van der Waals surface area contributed by atoms with Gasteiger partial charge in [0, 0.05) is 28.0 Å². The van der Waals surface area contributed by atoms with E-state index in [1.54, 1.807) is 42.7 Å². The van der Waals surface area contributed by atoms with Crippen LogP contribution >= 0.6 is 11.3 Å². The van der Waals surface area contributed by atoms with Crippen LogP contribution in [0.3, 0.4) is 0 Å². The maximum Gasteiger partial charge on any atom is 0.345 e. The first-order valence-electron chi connectivity index (χ1n) is 7.42. The lowest BCUT2D eigenvalue weighted by atomic mass is 9.95. The summed E-state index contributed by atoms with van der Waals surface area (Å²) in [6.45, 7) is 0. The average Bonchev–Trinajstić information content (AvgIpc) is 3.05. The van der Waals surface area contributed by atoms with Gasteiger partial charge >= 0.3 is 11.9 Å². The van der Waals surface area contributed by atoms with E-state index in [2.05, 4.69) is 4.98 Å². The molecule has 0 radical (unpaired) electrons. The molecule has 4 aromatic rings. The number of carbonyl (C=O) groups is 2. The van der Waals surface area contributed by atoms with E-state index in [1.807, 2.05) is 12.1 Å². The molecule has 6 heteroatoms. The minimum Gasteiger partial charge on any atom is -0.478 e. The standard InChI is InChI=1S/C19H11NO4S/c21-18(22)14-6-5-13(11-3-1-2-4-12(11)14)15-9-20-8-10-7-16(19(23)24)25-17(10)15/h1-9H,(H,21,22)(H,23,24). The van der Waals surface area contributed by atoms with E-state index in [4.69, 9.17) is 0 Å². The molecule has 2 aromatic heterocycles. The predicted molar refractivity (Wildman–Crippen MR) is 96.5 cm³/mol. The maximum atomic E-state index is 11.5. The number of aromatic nitrogens is 1. The molecule has 0 saturated carbocycles. The fourth-order valence-corrected chi connectivity index (χ4v) is 3.98. The molecule has 5 nitrogen and oxygen atoms in total. The summed E-state index contributed by atoms with van der Waals surface area (Å²) in [5.41, 5.74) is 1.86. The van der Waals surface area contributed by atoms with Crippen molar-refractivity contribution in [1.82, 2.24) is 4.98 Å². The summed E-state index contributed by atoms with van der Waals surface area (Å²) >= 11 is 1.19. The third kappa shape index (κ3) is 2.43. The zero-order chi connectivity index (χ0) is 17.6. The number of pyridine rings is 1. The van der Waals surface area contributed by atoms with Gasteiger partial charge in [-0.3, -0.25) is 4.98 Å². The van der Waals surface area contributed by atoms with Gasteiger partial charge in [-0.25, -0.2) is 9.59 Å². The van der Waals surface area contributed by atoms with Crippen molar-refractivity contribution in [1.29, 1.82) is 0 Å². The molecule has 0 amide bonds. The van der Waals surface area contributed by atoms with Gasteiger partial charge in [0.1, 0.15) is 4.88 Å². The Morgan fingerprint density at radius 3 is 2.36 bits per heavy atom. The highest BCUT2D eigenvalue weighted by Crippen LogP contribution is 2.38. The zero-order valence-corrected chi connectivity index (χ0v) is 13.6. The molecule has 2 aromatic carbocycles. The molecule has 0 fully saturated rings. The van der Waals surface area contributed by atoms with Gasteiger partial charge in [-0.2, -0.15) is 0 Å². The van der Waals surface area contributed by atoms with Crippen LogP contribution in [0.4, 0.5) is 0 Å². The van der Waals surface area contributed by atoms with Crippen molar-refractivity contribution in [3.63, 3.8) is 0 Å². The van der Waals surface area contributed by atoms with Crippen molar-refractivity contribution < 1.29 is 19.8 Å². The normalized spacial score (nSPS) is 11.0. The summed E-state index contributed by atoms with van der Waals surface area (Å²) in [4.78, 5) is 27.2. The number of carboxylic acids is 2. The molecule has 0 aliphatic carbocycles. The van der Waals surface area contributed by atoms with Gasteiger partial charge in [0.2, 0.25) is 0 Å². The first-order valence-corrected chi connectivity index (χ1v) is 8.24. The number of hydrogen-bond acceptors (Lipinski definition) is 4. The molecule has 0 spiro atoms. The Kier molecular flexibility index (Phi) is 3.47. The van der Waals surface area contributed by atoms with E-state index in [1.165, 1.54) is 11.3 Å². The molecule has 0 saturated heterocycles. The van der Waals surface area contributed by atoms with Crippen LogP contribution in [0.25, 0.3) is 32.0 Å². The summed E-state index contributed by atoms with van der Waals surface area (Å²) in [5, 5.41) is 20.8. The topological polar surface area (TPSA) is 87.5 Å². The van der Waals surface area contributed by atoms with Crippen LogP contribution in [0.15, 0.2) is 54.9 Å². The monoisotopic (exact) mass is 349 g/mol. The van der Waals surface area contributed by atoms with Crippen molar-refractivity contribution in [3.05, 3.63) is 65.3 Å². The van der Waals surface area contributed by atoms with E-state index >= 15 is 0 Å². The van der Waals surface area contributed by atoms with Gasteiger partial charge in [0.25, 0.3) is 0 Å². The molecule has 25 heavy (non-hydrogen) atoms. The lowest BCUT2D eigenvalue weighted by Gasteiger charge is -2.10. The third-order valence-electron chi connectivity index (χ3n) is 4.08. The third-order valence-corrected chi connectivity index (χ3v) is 5.25. The van der Waals surface area contributed by atoms with Crippen molar-refractivity contribution in [2.45, 2.75) is 0 Å². The van der Waals surface area contributed by atoms with Crippen LogP contribution in [0.2, 0.25) is 0 Å². The van der Waals surface area contributed by atoms with E-state index < -0.39 is 11.9 Å². The Bertz CT molecular complexity index is 1160. The number of fused-ring (bicyclic) bond motifs is 2. The SMILES string of the molecule is O=C(O)c1cc2cncc(-c3ccc(C(=O)O)c4ccccc34)c2s1. The number of carboxylic acid groups (broad SMARTS) is 2. The van der Waals surface area contributed by atoms with E-state index in [9.17, 15) is 19.8 Å². The maximum absolute atomic E-state index is 11.5. The predicted octanol–water partition coefficient (Wildman–Crippen LogP) is 4.51. The molecule has 2 heterocycles. The van der Waals surface area contributed by atoms with Gasteiger partial charge in [0.05, 0.1) is 5.56 Å². The van der Waals surface area contributed by atoms with Crippen molar-refractivity contribution in [2.75, 3.05) is 0 Å². The molecular formula is C19H11NO4S. The van der Waals surface area contributed by atoms with Gasteiger partial charge in [-0.05, 0) is 28.5 Å². The highest BCUT2D eigenvalue weighted by Gasteiger charge is 2.16. The minimum atomic E-state index is -0.983. The largest absolute Gasteiger partial charge is 0.478 e. The lowest BCUT2D eigenvalue weighted by Crippen LogP contribution is -1.98. The summed E-state index contributed by atoms with van der Waals surface area (Å²) in [6, 6.07) is 12.2. The Labute approximate surface area is 145 Å². The quantitative estimate of drug-likeness (QED) is 0.568. The van der Waals surface area contributed by atoms with Crippen molar-refractivity contribution in [3.8, 4) is 11.1 Å². The smallest absolute Gasteiger partial charge is 0.345 e. The van der Waals surface area contributed by atoms with Crippen LogP contribution in [0.5, 0.6) is 0 Å². The van der Waals surface area contributed by atoms with Crippen molar-refractivity contribution >= 4 is 44.1 Å². The van der Waals surface area contributed by atoms with Crippen LogP contribution in [-0.2, 0) is 0 Å². The average molecular weight is 349 g/mol. The molecule has 0 aliphatic rings. The summed E-state index contributed by atoms with van der Waals surface area (Å²) in [5.74, 6) is -1.96. The minimum absolute atomic E-state index is 0.233. The van der Waals surface area contributed by atoms with Gasteiger partial charge < -0.3 is 10.2 Å². The first kappa shape index (κ1) is 15.3. The summed E-state index contributed by atoms with van der Waals surface area (Å²) in [7, 11) is 0. The van der Waals surface area contributed by atoms with Crippen LogP contribution in [0.1, 0.15) is 20.0 Å². The summed E-state index contributed by atoms with van der Waals surface area (Å²) in [6.07, 6.45) is 3.32. The number of nitrogens with zero attached hydrogens (tertiary/aromatic N) is 1. The Morgan fingerprint density at radius 2 is 1.64 bits per heavy atom. The molecule has 0 unspecified atom stereocenters. The number of thiophene rings is 1. The highest BCUT2D eigenvalue weighted by atomic mass is 32.1. The Balaban J connectivity index is 2.06.